The van der Waals surface area contributed by atoms with E-state index >= 15 is 0 Å². The number of urea groups is 1. The van der Waals surface area contributed by atoms with Crippen LogP contribution in [-0.2, 0) is 16.1 Å². The maximum atomic E-state index is 11.9. The number of benzene rings is 1. The number of esters is 1. The summed E-state index contributed by atoms with van der Waals surface area (Å²) in [5.74, 6) is -0.383. The Morgan fingerprint density at radius 3 is 2.57 bits per heavy atom. The number of primary amides is 1. The van der Waals surface area contributed by atoms with Crippen LogP contribution < -0.4 is 11.1 Å². The van der Waals surface area contributed by atoms with Crippen LogP contribution in [0.1, 0.15) is 22.9 Å². The zero-order valence-electron chi connectivity index (χ0n) is 11.3. The smallest absolute Gasteiger partial charge is 0.312 e. The number of amides is 2. The maximum Gasteiger partial charge on any atom is 0.312 e. The monoisotopic (exact) mass is 304 g/mol. The summed E-state index contributed by atoms with van der Waals surface area (Å²) in [6.07, 6.45) is 0.0519. The molecule has 1 atom stereocenters. The Labute approximate surface area is 126 Å². The molecule has 0 spiro atoms. The van der Waals surface area contributed by atoms with Crippen molar-refractivity contribution < 1.29 is 14.3 Å². The fraction of sp³-hybridized carbons (Fsp3) is 0.200. The van der Waals surface area contributed by atoms with Crippen molar-refractivity contribution >= 4 is 23.3 Å². The molecule has 1 aromatic heterocycles. The topological polar surface area (TPSA) is 81.4 Å². The summed E-state index contributed by atoms with van der Waals surface area (Å²) in [6.45, 7) is 0.216. The summed E-state index contributed by atoms with van der Waals surface area (Å²) >= 11 is 1.45. The third-order valence-corrected chi connectivity index (χ3v) is 3.80. The third kappa shape index (κ3) is 4.92. The minimum Gasteiger partial charge on any atom is -0.461 e. The summed E-state index contributed by atoms with van der Waals surface area (Å²) in [4.78, 5) is 23.8. The van der Waals surface area contributed by atoms with Gasteiger partial charge in [-0.2, -0.15) is 0 Å². The number of nitrogens with two attached hydrogens (primary N) is 1. The van der Waals surface area contributed by atoms with Gasteiger partial charge in [0.2, 0.25) is 0 Å². The average molecular weight is 304 g/mol. The van der Waals surface area contributed by atoms with Gasteiger partial charge >= 0.3 is 12.0 Å². The van der Waals surface area contributed by atoms with E-state index < -0.39 is 12.1 Å². The van der Waals surface area contributed by atoms with Gasteiger partial charge in [-0.15, -0.1) is 11.3 Å². The Kier molecular flexibility index (Phi) is 5.34. The van der Waals surface area contributed by atoms with Gasteiger partial charge in [0.1, 0.15) is 6.61 Å². The summed E-state index contributed by atoms with van der Waals surface area (Å²) in [5.41, 5.74) is 6.06. The van der Waals surface area contributed by atoms with Gasteiger partial charge in [-0.3, -0.25) is 4.79 Å². The number of hydrogen-bond acceptors (Lipinski definition) is 4. The number of thiophene rings is 1. The first-order valence-corrected chi connectivity index (χ1v) is 7.32. The Hall–Kier alpha value is -2.34. The standard InChI is InChI=1S/C15H16N2O3S/c16-15(19)17-12(13-7-4-8-21-13)9-14(18)20-10-11-5-2-1-3-6-11/h1-8,12H,9-10H2,(H3,16,17,19). The first kappa shape index (κ1) is 15.1. The molecular weight excluding hydrogens is 288 g/mol. The van der Waals surface area contributed by atoms with Crippen LogP contribution in [0.15, 0.2) is 47.8 Å². The first-order valence-electron chi connectivity index (χ1n) is 6.44. The maximum absolute atomic E-state index is 11.9. The molecule has 2 rings (SSSR count). The molecule has 0 aliphatic heterocycles. The highest BCUT2D eigenvalue weighted by atomic mass is 32.1. The van der Waals surface area contributed by atoms with Crippen LogP contribution in [0, 0.1) is 0 Å². The lowest BCUT2D eigenvalue weighted by molar-refractivity contribution is -0.145. The zero-order chi connectivity index (χ0) is 15.1. The second-order valence-corrected chi connectivity index (χ2v) is 5.41. The van der Waals surface area contributed by atoms with Crippen LogP contribution in [0.2, 0.25) is 0 Å². The molecule has 6 heteroatoms. The van der Waals surface area contributed by atoms with Crippen molar-refractivity contribution in [2.24, 2.45) is 5.73 Å². The van der Waals surface area contributed by atoms with E-state index in [2.05, 4.69) is 5.32 Å². The lowest BCUT2D eigenvalue weighted by Crippen LogP contribution is -2.34. The molecule has 2 aromatic rings. The van der Waals surface area contributed by atoms with Gasteiger partial charge in [-0.25, -0.2) is 4.79 Å². The predicted octanol–water partition coefficient (Wildman–Crippen LogP) is 2.59. The normalized spacial score (nSPS) is 11.6. The van der Waals surface area contributed by atoms with Crippen LogP contribution in [0.5, 0.6) is 0 Å². The fourth-order valence-corrected chi connectivity index (χ4v) is 2.63. The van der Waals surface area contributed by atoms with Crippen LogP contribution in [0.3, 0.4) is 0 Å². The predicted molar refractivity (Wildman–Crippen MR) is 80.6 cm³/mol. The zero-order valence-corrected chi connectivity index (χ0v) is 12.1. The summed E-state index contributed by atoms with van der Waals surface area (Å²) in [6, 6.07) is 12.0. The number of ether oxygens (including phenoxy) is 1. The lowest BCUT2D eigenvalue weighted by Gasteiger charge is -2.15. The van der Waals surface area contributed by atoms with E-state index in [9.17, 15) is 9.59 Å². The Bertz CT molecular complexity index is 584. The number of nitrogens with one attached hydrogen (secondary N) is 1. The summed E-state index contributed by atoms with van der Waals surface area (Å²) in [7, 11) is 0. The molecule has 0 aliphatic carbocycles. The molecular formula is C15H16N2O3S. The van der Waals surface area contributed by atoms with E-state index in [-0.39, 0.29) is 19.0 Å². The van der Waals surface area contributed by atoms with Crippen LogP contribution >= 0.6 is 11.3 Å². The SMILES string of the molecule is NC(=O)NC(CC(=O)OCc1ccccc1)c1cccs1. The number of carbonyl (C=O) groups excluding carboxylic acids is 2. The number of carbonyl (C=O) groups is 2. The molecule has 2 amide bonds. The van der Waals surface area contributed by atoms with E-state index in [1.54, 1.807) is 0 Å². The molecule has 3 N–H and O–H groups in total. The van der Waals surface area contributed by atoms with Crippen molar-refractivity contribution in [3.05, 3.63) is 58.3 Å². The molecule has 1 aromatic carbocycles. The average Bonchev–Trinajstić information content (AvgIpc) is 2.99. The van der Waals surface area contributed by atoms with Crippen molar-refractivity contribution in [3.8, 4) is 0 Å². The van der Waals surface area contributed by atoms with Gasteiger partial charge in [-0.1, -0.05) is 36.4 Å². The molecule has 0 aliphatic rings. The molecule has 21 heavy (non-hydrogen) atoms. The Balaban J connectivity index is 1.90. The lowest BCUT2D eigenvalue weighted by atomic mass is 10.1. The largest absolute Gasteiger partial charge is 0.461 e. The van der Waals surface area contributed by atoms with Gasteiger partial charge in [-0.05, 0) is 17.0 Å². The molecule has 1 heterocycles. The first-order chi connectivity index (χ1) is 10.1. The summed E-state index contributed by atoms with van der Waals surface area (Å²) in [5, 5.41) is 4.44. The van der Waals surface area contributed by atoms with E-state index in [1.807, 2.05) is 47.8 Å². The van der Waals surface area contributed by atoms with Gasteiger partial charge in [0.25, 0.3) is 0 Å². The number of rotatable bonds is 6. The third-order valence-electron chi connectivity index (χ3n) is 2.82. The van der Waals surface area contributed by atoms with Crippen molar-refractivity contribution in [2.45, 2.75) is 19.1 Å². The van der Waals surface area contributed by atoms with E-state index in [1.165, 1.54) is 11.3 Å². The molecule has 0 radical (unpaired) electrons. The molecule has 0 bridgehead atoms. The highest BCUT2D eigenvalue weighted by Crippen LogP contribution is 2.22. The van der Waals surface area contributed by atoms with Crippen molar-refractivity contribution in [3.63, 3.8) is 0 Å². The molecule has 110 valence electrons. The van der Waals surface area contributed by atoms with Crippen LogP contribution in [-0.4, -0.2) is 12.0 Å². The van der Waals surface area contributed by atoms with Crippen molar-refractivity contribution in [2.75, 3.05) is 0 Å². The molecule has 5 nitrogen and oxygen atoms in total. The molecule has 1 unspecified atom stereocenters. The molecule has 0 saturated carbocycles. The molecule has 0 saturated heterocycles. The fourth-order valence-electron chi connectivity index (χ4n) is 1.85. The quantitative estimate of drug-likeness (QED) is 0.805. The summed E-state index contributed by atoms with van der Waals surface area (Å²) < 4.78 is 5.21. The van der Waals surface area contributed by atoms with Gasteiger partial charge < -0.3 is 15.8 Å². The second kappa shape index (κ2) is 7.44. The Morgan fingerprint density at radius 2 is 1.95 bits per heavy atom. The minimum absolute atomic E-state index is 0.0519. The highest BCUT2D eigenvalue weighted by Gasteiger charge is 2.19. The van der Waals surface area contributed by atoms with Crippen molar-refractivity contribution in [1.29, 1.82) is 0 Å². The molecule has 0 fully saturated rings. The van der Waals surface area contributed by atoms with E-state index in [4.69, 9.17) is 10.5 Å². The minimum atomic E-state index is -0.663. The van der Waals surface area contributed by atoms with Crippen LogP contribution in [0.4, 0.5) is 4.79 Å². The van der Waals surface area contributed by atoms with Gasteiger partial charge in [0.15, 0.2) is 0 Å². The van der Waals surface area contributed by atoms with E-state index in [0.29, 0.717) is 0 Å². The van der Waals surface area contributed by atoms with Crippen LogP contribution in [0.25, 0.3) is 0 Å². The number of hydrogen-bond donors (Lipinski definition) is 2. The second-order valence-electron chi connectivity index (χ2n) is 4.43. The highest BCUT2D eigenvalue weighted by molar-refractivity contribution is 7.10. The van der Waals surface area contributed by atoms with E-state index in [0.717, 1.165) is 10.4 Å². The van der Waals surface area contributed by atoms with Crippen molar-refractivity contribution in [1.82, 2.24) is 5.32 Å². The Morgan fingerprint density at radius 1 is 1.19 bits per heavy atom. The van der Waals surface area contributed by atoms with Gasteiger partial charge in [0, 0.05) is 4.88 Å². The van der Waals surface area contributed by atoms with Gasteiger partial charge in [0.05, 0.1) is 12.5 Å².